The number of nitrogens with zero attached hydrogens (tertiary/aromatic N) is 1. The fourth-order valence-corrected chi connectivity index (χ4v) is 2.57. The van der Waals surface area contributed by atoms with Gasteiger partial charge < -0.3 is 20.1 Å². The molecule has 1 heterocycles. The maximum atomic E-state index is 9.61. The summed E-state index contributed by atoms with van der Waals surface area (Å²) in [7, 11) is 1.67. The minimum Gasteiger partial charge on any atom is -0.497 e. The third-order valence-corrected chi connectivity index (χ3v) is 3.64. The number of anilines is 1. The Hall–Kier alpha value is -1.26. The molecule has 106 valence electrons. The molecule has 0 spiro atoms. The van der Waals surface area contributed by atoms with Gasteiger partial charge in [0.25, 0.3) is 0 Å². The zero-order chi connectivity index (χ0) is 13.9. The van der Waals surface area contributed by atoms with Crippen molar-refractivity contribution in [3.8, 4) is 5.75 Å². The SMILES string of the molecule is COc1ccc(N2CC(C)(C)CNCC2CO)cc1. The van der Waals surface area contributed by atoms with Crippen molar-refractivity contribution in [2.75, 3.05) is 38.3 Å². The first-order chi connectivity index (χ1) is 9.05. The quantitative estimate of drug-likeness (QED) is 0.868. The minimum absolute atomic E-state index is 0.121. The fourth-order valence-electron chi connectivity index (χ4n) is 2.57. The highest BCUT2D eigenvalue weighted by Crippen LogP contribution is 2.27. The minimum atomic E-state index is 0.121. The van der Waals surface area contributed by atoms with E-state index < -0.39 is 0 Å². The summed E-state index contributed by atoms with van der Waals surface area (Å²) in [5, 5.41) is 13.0. The van der Waals surface area contributed by atoms with Gasteiger partial charge in [0.15, 0.2) is 0 Å². The van der Waals surface area contributed by atoms with E-state index in [4.69, 9.17) is 4.74 Å². The van der Waals surface area contributed by atoms with Gasteiger partial charge in [0.2, 0.25) is 0 Å². The molecule has 0 saturated carbocycles. The van der Waals surface area contributed by atoms with Crippen LogP contribution in [0.25, 0.3) is 0 Å². The molecule has 0 aromatic heterocycles. The van der Waals surface area contributed by atoms with Crippen LogP contribution in [-0.4, -0.2) is 44.5 Å². The van der Waals surface area contributed by atoms with Gasteiger partial charge >= 0.3 is 0 Å². The van der Waals surface area contributed by atoms with Crippen molar-refractivity contribution in [3.63, 3.8) is 0 Å². The number of nitrogens with one attached hydrogen (secondary N) is 1. The number of rotatable bonds is 3. The van der Waals surface area contributed by atoms with Crippen LogP contribution in [0.4, 0.5) is 5.69 Å². The van der Waals surface area contributed by atoms with Gasteiger partial charge in [0, 0.05) is 25.3 Å². The topological polar surface area (TPSA) is 44.7 Å². The molecule has 1 aliphatic heterocycles. The summed E-state index contributed by atoms with van der Waals surface area (Å²) >= 11 is 0. The predicted molar refractivity (Wildman–Crippen MR) is 77.9 cm³/mol. The fraction of sp³-hybridized carbons (Fsp3) is 0.600. The van der Waals surface area contributed by atoms with Crippen molar-refractivity contribution in [3.05, 3.63) is 24.3 Å². The van der Waals surface area contributed by atoms with Gasteiger partial charge in [0.1, 0.15) is 5.75 Å². The van der Waals surface area contributed by atoms with Crippen molar-refractivity contribution in [1.82, 2.24) is 5.32 Å². The van der Waals surface area contributed by atoms with E-state index in [1.807, 2.05) is 12.1 Å². The maximum Gasteiger partial charge on any atom is 0.119 e. The van der Waals surface area contributed by atoms with Crippen LogP contribution in [0.15, 0.2) is 24.3 Å². The third kappa shape index (κ3) is 3.39. The molecule has 0 radical (unpaired) electrons. The van der Waals surface area contributed by atoms with Gasteiger partial charge in [-0.25, -0.2) is 0 Å². The molecular weight excluding hydrogens is 240 g/mol. The number of aliphatic hydroxyl groups is 1. The lowest BCUT2D eigenvalue weighted by molar-refractivity contribution is 0.258. The van der Waals surface area contributed by atoms with Crippen LogP contribution < -0.4 is 15.0 Å². The predicted octanol–water partition coefficient (Wildman–Crippen LogP) is 1.49. The van der Waals surface area contributed by atoms with E-state index in [2.05, 4.69) is 36.2 Å². The highest BCUT2D eigenvalue weighted by molar-refractivity contribution is 5.50. The molecule has 1 atom stereocenters. The molecule has 2 N–H and O–H groups in total. The van der Waals surface area contributed by atoms with E-state index in [1.54, 1.807) is 7.11 Å². The van der Waals surface area contributed by atoms with Crippen molar-refractivity contribution < 1.29 is 9.84 Å². The average Bonchev–Trinajstić information content (AvgIpc) is 2.56. The number of hydrogen-bond acceptors (Lipinski definition) is 4. The number of ether oxygens (including phenoxy) is 1. The largest absolute Gasteiger partial charge is 0.497 e. The summed E-state index contributed by atoms with van der Waals surface area (Å²) < 4.78 is 5.20. The molecule has 4 heteroatoms. The van der Waals surface area contributed by atoms with E-state index in [-0.39, 0.29) is 18.1 Å². The summed E-state index contributed by atoms with van der Waals surface area (Å²) in [6.45, 7) is 7.36. The van der Waals surface area contributed by atoms with Crippen molar-refractivity contribution in [2.24, 2.45) is 5.41 Å². The van der Waals surface area contributed by atoms with Crippen LogP contribution >= 0.6 is 0 Å². The van der Waals surface area contributed by atoms with Gasteiger partial charge in [0.05, 0.1) is 19.8 Å². The third-order valence-electron chi connectivity index (χ3n) is 3.64. The average molecular weight is 264 g/mol. The number of benzene rings is 1. The first kappa shape index (κ1) is 14.2. The Kier molecular flexibility index (Phi) is 4.32. The van der Waals surface area contributed by atoms with E-state index in [0.29, 0.717) is 0 Å². The maximum absolute atomic E-state index is 9.61. The van der Waals surface area contributed by atoms with Crippen LogP contribution in [-0.2, 0) is 0 Å². The molecule has 0 amide bonds. The highest BCUT2D eigenvalue weighted by Gasteiger charge is 2.30. The normalized spacial score (nSPS) is 22.9. The van der Waals surface area contributed by atoms with Crippen LogP contribution in [0.3, 0.4) is 0 Å². The van der Waals surface area contributed by atoms with Gasteiger partial charge in [-0.3, -0.25) is 0 Å². The summed E-state index contributed by atoms with van der Waals surface area (Å²) in [6.07, 6.45) is 0. The molecule has 1 unspecified atom stereocenters. The van der Waals surface area contributed by atoms with Crippen LogP contribution in [0.1, 0.15) is 13.8 Å². The Bertz CT molecular complexity index is 403. The van der Waals surface area contributed by atoms with E-state index in [1.165, 1.54) is 0 Å². The summed E-state index contributed by atoms with van der Waals surface area (Å²) in [5.41, 5.74) is 1.32. The molecule has 0 aliphatic carbocycles. The first-order valence-corrected chi connectivity index (χ1v) is 6.78. The molecule has 0 bridgehead atoms. The molecule has 4 nitrogen and oxygen atoms in total. The molecule has 2 rings (SSSR count). The zero-order valence-electron chi connectivity index (χ0n) is 12.0. The van der Waals surface area contributed by atoms with E-state index in [9.17, 15) is 5.11 Å². The Morgan fingerprint density at radius 2 is 2.05 bits per heavy atom. The number of aliphatic hydroxyl groups excluding tert-OH is 1. The molecule has 19 heavy (non-hydrogen) atoms. The van der Waals surface area contributed by atoms with Crippen molar-refractivity contribution in [1.29, 1.82) is 0 Å². The number of hydrogen-bond donors (Lipinski definition) is 2. The zero-order valence-corrected chi connectivity index (χ0v) is 12.0. The molecule has 1 fully saturated rings. The smallest absolute Gasteiger partial charge is 0.119 e. The van der Waals surface area contributed by atoms with Crippen molar-refractivity contribution in [2.45, 2.75) is 19.9 Å². The second-order valence-electron chi connectivity index (χ2n) is 5.96. The van der Waals surface area contributed by atoms with Gasteiger partial charge in [-0.05, 0) is 29.7 Å². The standard InChI is InChI=1S/C15H24N2O2/c1-15(2)10-16-8-13(9-18)17(11-15)12-4-6-14(19-3)7-5-12/h4-7,13,16,18H,8-11H2,1-3H3. The second kappa shape index (κ2) is 5.80. The van der Waals surface area contributed by atoms with Crippen LogP contribution in [0.2, 0.25) is 0 Å². The van der Waals surface area contributed by atoms with Gasteiger partial charge in [-0.1, -0.05) is 13.8 Å². The Morgan fingerprint density at radius 1 is 1.37 bits per heavy atom. The Morgan fingerprint density at radius 3 is 2.63 bits per heavy atom. The Balaban J connectivity index is 2.25. The Labute approximate surface area is 115 Å². The molecule has 1 aromatic rings. The summed E-state index contributed by atoms with van der Waals surface area (Å²) in [6, 6.07) is 8.17. The lowest BCUT2D eigenvalue weighted by Crippen LogP contribution is -2.44. The van der Waals surface area contributed by atoms with E-state index in [0.717, 1.165) is 31.1 Å². The first-order valence-electron chi connectivity index (χ1n) is 6.78. The molecular formula is C15H24N2O2. The summed E-state index contributed by atoms with van der Waals surface area (Å²) in [4.78, 5) is 2.29. The lowest BCUT2D eigenvalue weighted by Gasteiger charge is -2.35. The van der Waals surface area contributed by atoms with E-state index >= 15 is 0 Å². The van der Waals surface area contributed by atoms with Crippen LogP contribution in [0.5, 0.6) is 5.75 Å². The lowest BCUT2D eigenvalue weighted by atomic mass is 9.93. The molecule has 1 saturated heterocycles. The van der Waals surface area contributed by atoms with Gasteiger partial charge in [-0.2, -0.15) is 0 Å². The highest BCUT2D eigenvalue weighted by atomic mass is 16.5. The second-order valence-corrected chi connectivity index (χ2v) is 5.96. The van der Waals surface area contributed by atoms with Gasteiger partial charge in [-0.15, -0.1) is 0 Å². The van der Waals surface area contributed by atoms with Crippen molar-refractivity contribution >= 4 is 5.69 Å². The molecule has 1 aromatic carbocycles. The monoisotopic (exact) mass is 264 g/mol. The number of methoxy groups -OCH3 is 1. The summed E-state index contributed by atoms with van der Waals surface area (Å²) in [5.74, 6) is 0.858. The van der Waals surface area contributed by atoms with Crippen LogP contribution in [0, 0.1) is 5.41 Å². The molecule has 1 aliphatic rings.